The zero-order valence-corrected chi connectivity index (χ0v) is 9.72. The lowest BCUT2D eigenvalue weighted by Crippen LogP contribution is -2.13. The van der Waals surface area contributed by atoms with E-state index in [2.05, 4.69) is 10.1 Å². The van der Waals surface area contributed by atoms with Crippen LogP contribution in [-0.2, 0) is 11.2 Å². The summed E-state index contributed by atoms with van der Waals surface area (Å²) in [6.45, 7) is 2.00. The minimum atomic E-state index is -0.337. The maximum absolute atomic E-state index is 9.75. The van der Waals surface area contributed by atoms with Gasteiger partial charge in [-0.2, -0.15) is 4.98 Å². The molecule has 1 saturated carbocycles. The van der Waals surface area contributed by atoms with Crippen LogP contribution >= 0.6 is 0 Å². The third kappa shape index (κ3) is 2.59. The van der Waals surface area contributed by atoms with E-state index in [0.717, 1.165) is 19.3 Å². The van der Waals surface area contributed by atoms with Crippen LogP contribution in [0, 0.1) is 5.92 Å². The van der Waals surface area contributed by atoms with Gasteiger partial charge in [0.2, 0.25) is 11.7 Å². The van der Waals surface area contributed by atoms with Gasteiger partial charge in [0.15, 0.2) is 0 Å². The molecule has 0 aromatic carbocycles. The van der Waals surface area contributed by atoms with Gasteiger partial charge in [-0.05, 0) is 25.2 Å². The first-order valence-corrected chi connectivity index (χ1v) is 5.78. The maximum atomic E-state index is 9.75. The van der Waals surface area contributed by atoms with Gasteiger partial charge in [0, 0.05) is 7.11 Å². The summed E-state index contributed by atoms with van der Waals surface area (Å²) in [5.74, 6) is 1.51. The smallest absolute Gasteiger partial charge is 0.229 e. The predicted molar refractivity (Wildman–Crippen MR) is 56.8 cm³/mol. The fourth-order valence-corrected chi connectivity index (χ4v) is 1.76. The Morgan fingerprint density at radius 2 is 2.31 bits per heavy atom. The lowest BCUT2D eigenvalue weighted by Gasteiger charge is -2.06. The van der Waals surface area contributed by atoms with Crippen LogP contribution in [-0.4, -0.2) is 28.5 Å². The quantitative estimate of drug-likeness (QED) is 0.795. The zero-order valence-electron chi connectivity index (χ0n) is 9.72. The SMILES string of the molecule is CCC(OC)c1noc(CC(O)C2CC2)n1. The molecule has 2 rings (SSSR count). The molecule has 1 aliphatic carbocycles. The summed E-state index contributed by atoms with van der Waals surface area (Å²) < 4.78 is 10.3. The highest BCUT2D eigenvalue weighted by Crippen LogP contribution is 2.33. The van der Waals surface area contributed by atoms with Crippen molar-refractivity contribution < 1.29 is 14.4 Å². The van der Waals surface area contributed by atoms with Crippen molar-refractivity contribution in [1.82, 2.24) is 10.1 Å². The van der Waals surface area contributed by atoms with Crippen LogP contribution in [0.5, 0.6) is 0 Å². The molecule has 1 aromatic rings. The first-order chi connectivity index (χ1) is 7.74. The number of aliphatic hydroxyl groups is 1. The Labute approximate surface area is 94.8 Å². The Bertz CT molecular complexity index is 332. The Kier molecular flexibility index (Phi) is 3.56. The summed E-state index contributed by atoms with van der Waals surface area (Å²) in [6, 6.07) is 0. The molecule has 0 saturated heterocycles. The van der Waals surface area contributed by atoms with E-state index in [4.69, 9.17) is 9.26 Å². The Morgan fingerprint density at radius 1 is 1.56 bits per heavy atom. The van der Waals surface area contributed by atoms with Crippen molar-refractivity contribution in [3.63, 3.8) is 0 Å². The van der Waals surface area contributed by atoms with Crippen LogP contribution in [0.2, 0.25) is 0 Å². The third-order valence-electron chi connectivity index (χ3n) is 2.98. The summed E-state index contributed by atoms with van der Waals surface area (Å²) in [5.41, 5.74) is 0. The zero-order chi connectivity index (χ0) is 11.5. The van der Waals surface area contributed by atoms with Crippen LogP contribution in [0.25, 0.3) is 0 Å². The van der Waals surface area contributed by atoms with E-state index in [0.29, 0.717) is 24.1 Å². The van der Waals surface area contributed by atoms with Crippen LogP contribution < -0.4 is 0 Å². The first-order valence-electron chi connectivity index (χ1n) is 5.78. The second-order valence-corrected chi connectivity index (χ2v) is 4.29. The van der Waals surface area contributed by atoms with E-state index < -0.39 is 0 Å². The van der Waals surface area contributed by atoms with Gasteiger partial charge < -0.3 is 14.4 Å². The van der Waals surface area contributed by atoms with Gasteiger partial charge in [-0.25, -0.2) is 0 Å². The standard InChI is InChI=1S/C11H18N2O3/c1-3-9(15-2)11-12-10(16-13-11)6-8(14)7-4-5-7/h7-9,14H,3-6H2,1-2H3. The van der Waals surface area contributed by atoms with Crippen molar-refractivity contribution in [2.75, 3.05) is 7.11 Å². The van der Waals surface area contributed by atoms with Gasteiger partial charge in [-0.1, -0.05) is 12.1 Å². The second kappa shape index (κ2) is 4.93. The molecule has 5 heteroatoms. The van der Waals surface area contributed by atoms with Crippen LogP contribution in [0.4, 0.5) is 0 Å². The van der Waals surface area contributed by atoms with Gasteiger partial charge in [-0.15, -0.1) is 0 Å². The topological polar surface area (TPSA) is 68.4 Å². The molecule has 1 heterocycles. The van der Waals surface area contributed by atoms with Crippen LogP contribution in [0.3, 0.4) is 0 Å². The van der Waals surface area contributed by atoms with Gasteiger partial charge in [-0.3, -0.25) is 0 Å². The summed E-state index contributed by atoms with van der Waals surface area (Å²) in [6.07, 6.45) is 3.03. The molecular weight excluding hydrogens is 208 g/mol. The molecular formula is C11H18N2O3. The first kappa shape index (κ1) is 11.5. The fourth-order valence-electron chi connectivity index (χ4n) is 1.76. The minimum Gasteiger partial charge on any atom is -0.392 e. The van der Waals surface area contributed by atoms with Gasteiger partial charge in [0.05, 0.1) is 12.5 Å². The van der Waals surface area contributed by atoms with Gasteiger partial charge in [0.25, 0.3) is 0 Å². The second-order valence-electron chi connectivity index (χ2n) is 4.29. The van der Waals surface area contributed by atoms with E-state index in [1.165, 1.54) is 0 Å². The Hall–Kier alpha value is -0.940. The molecule has 1 aliphatic rings. The molecule has 0 radical (unpaired) electrons. The fraction of sp³-hybridized carbons (Fsp3) is 0.818. The predicted octanol–water partition coefficient (Wildman–Crippen LogP) is 1.48. The number of ether oxygens (including phenoxy) is 1. The Balaban J connectivity index is 1.95. The monoisotopic (exact) mass is 226 g/mol. The molecule has 2 atom stereocenters. The number of aliphatic hydroxyl groups excluding tert-OH is 1. The molecule has 1 fully saturated rings. The molecule has 0 spiro atoms. The average molecular weight is 226 g/mol. The summed E-state index contributed by atoms with van der Waals surface area (Å²) >= 11 is 0. The molecule has 0 bridgehead atoms. The van der Waals surface area contributed by atoms with Crippen molar-refractivity contribution in [2.45, 2.75) is 44.8 Å². The molecule has 16 heavy (non-hydrogen) atoms. The van der Waals surface area contributed by atoms with Crippen molar-refractivity contribution in [2.24, 2.45) is 5.92 Å². The molecule has 0 amide bonds. The van der Waals surface area contributed by atoms with Crippen LogP contribution in [0.1, 0.15) is 44.0 Å². The summed E-state index contributed by atoms with van der Waals surface area (Å²) in [5, 5.41) is 13.6. The molecule has 90 valence electrons. The highest BCUT2D eigenvalue weighted by molar-refractivity contribution is 4.94. The van der Waals surface area contributed by atoms with Gasteiger partial charge >= 0.3 is 0 Å². The normalized spacial score (nSPS) is 19.7. The highest BCUT2D eigenvalue weighted by atomic mass is 16.5. The van der Waals surface area contributed by atoms with Gasteiger partial charge in [0.1, 0.15) is 6.10 Å². The van der Waals surface area contributed by atoms with Crippen molar-refractivity contribution in [3.05, 3.63) is 11.7 Å². The van der Waals surface area contributed by atoms with Crippen molar-refractivity contribution in [1.29, 1.82) is 0 Å². The number of nitrogens with zero attached hydrogens (tertiary/aromatic N) is 2. The molecule has 1 N–H and O–H groups in total. The van der Waals surface area contributed by atoms with E-state index in [1.54, 1.807) is 7.11 Å². The molecule has 0 aliphatic heterocycles. The number of hydrogen-bond acceptors (Lipinski definition) is 5. The molecule has 1 aromatic heterocycles. The highest BCUT2D eigenvalue weighted by Gasteiger charge is 2.31. The van der Waals surface area contributed by atoms with E-state index in [1.807, 2.05) is 6.92 Å². The molecule has 5 nitrogen and oxygen atoms in total. The summed E-state index contributed by atoms with van der Waals surface area (Å²) in [4.78, 5) is 4.24. The largest absolute Gasteiger partial charge is 0.392 e. The van der Waals surface area contributed by atoms with E-state index in [-0.39, 0.29) is 12.2 Å². The lowest BCUT2D eigenvalue weighted by atomic mass is 10.2. The van der Waals surface area contributed by atoms with E-state index in [9.17, 15) is 5.11 Å². The Morgan fingerprint density at radius 3 is 2.88 bits per heavy atom. The van der Waals surface area contributed by atoms with Crippen molar-refractivity contribution >= 4 is 0 Å². The average Bonchev–Trinajstić information content (AvgIpc) is 3.04. The number of aromatic nitrogens is 2. The third-order valence-corrected chi connectivity index (χ3v) is 2.98. The number of hydrogen-bond donors (Lipinski definition) is 1. The maximum Gasteiger partial charge on any atom is 0.229 e. The summed E-state index contributed by atoms with van der Waals surface area (Å²) in [7, 11) is 1.63. The minimum absolute atomic E-state index is 0.115. The number of rotatable bonds is 6. The van der Waals surface area contributed by atoms with Crippen LogP contribution in [0.15, 0.2) is 4.52 Å². The number of methoxy groups -OCH3 is 1. The lowest BCUT2D eigenvalue weighted by molar-refractivity contribution is 0.0903. The molecule has 2 unspecified atom stereocenters. The van der Waals surface area contributed by atoms with E-state index >= 15 is 0 Å². The van der Waals surface area contributed by atoms with Crippen molar-refractivity contribution in [3.8, 4) is 0 Å².